The van der Waals surface area contributed by atoms with Gasteiger partial charge in [-0.1, -0.05) is 11.2 Å². The van der Waals surface area contributed by atoms with Gasteiger partial charge in [-0.2, -0.15) is 4.98 Å². The lowest BCUT2D eigenvalue weighted by atomic mass is 10.2. The minimum absolute atomic E-state index is 0.126. The average Bonchev–Trinajstić information content (AvgIpc) is 2.71. The van der Waals surface area contributed by atoms with Crippen LogP contribution in [0, 0.1) is 5.82 Å². The zero-order valence-corrected chi connectivity index (χ0v) is 10.6. The molecular weight excluding hydrogens is 298 g/mol. The van der Waals surface area contributed by atoms with Crippen LogP contribution >= 0.6 is 27.5 Å². The third-order valence-electron chi connectivity index (χ3n) is 1.98. The van der Waals surface area contributed by atoms with Crippen molar-refractivity contribution in [3.8, 4) is 11.5 Å². The van der Waals surface area contributed by atoms with E-state index in [1.165, 1.54) is 0 Å². The molecule has 0 radical (unpaired) electrons. The fourth-order valence-corrected chi connectivity index (χ4v) is 1.63. The Morgan fingerprint density at radius 1 is 1.50 bits per heavy atom. The first-order valence-corrected chi connectivity index (χ1v) is 5.74. The van der Waals surface area contributed by atoms with E-state index in [1.54, 1.807) is 25.1 Å². The molecule has 0 saturated carbocycles. The number of nitrogens with zero attached hydrogens (tertiary/aromatic N) is 2. The number of rotatable bonds is 2. The predicted molar refractivity (Wildman–Crippen MR) is 61.7 cm³/mol. The fourth-order valence-electron chi connectivity index (χ4n) is 1.17. The second-order valence-electron chi connectivity index (χ2n) is 3.18. The van der Waals surface area contributed by atoms with E-state index in [9.17, 15) is 4.39 Å². The van der Waals surface area contributed by atoms with Crippen LogP contribution in [-0.2, 0) is 0 Å². The van der Waals surface area contributed by atoms with Crippen LogP contribution in [0.15, 0.2) is 27.2 Å². The van der Waals surface area contributed by atoms with Gasteiger partial charge in [0, 0.05) is 0 Å². The zero-order valence-electron chi connectivity index (χ0n) is 8.25. The van der Waals surface area contributed by atoms with Crippen molar-refractivity contribution in [1.82, 2.24) is 10.1 Å². The number of benzene rings is 1. The van der Waals surface area contributed by atoms with Crippen molar-refractivity contribution in [2.45, 2.75) is 12.3 Å². The molecule has 0 fully saturated rings. The molecule has 0 spiro atoms. The lowest BCUT2D eigenvalue weighted by Gasteiger charge is -1.98. The first-order chi connectivity index (χ1) is 7.59. The molecule has 0 amide bonds. The lowest BCUT2D eigenvalue weighted by Crippen LogP contribution is -1.88. The molecule has 0 aliphatic carbocycles. The summed E-state index contributed by atoms with van der Waals surface area (Å²) in [4.78, 5) is 4.01. The van der Waals surface area contributed by atoms with Crippen molar-refractivity contribution in [2.75, 3.05) is 0 Å². The summed E-state index contributed by atoms with van der Waals surface area (Å²) in [6, 6.07) is 4.85. The van der Waals surface area contributed by atoms with Gasteiger partial charge in [0.1, 0.15) is 5.82 Å². The molecule has 0 saturated heterocycles. The standard InChI is InChI=1S/C10H7BrClFN2O/c1-5(12)9-14-10(16-15-9)6-3-2-4-7(11)8(6)13/h2-5H,1H3. The number of alkyl halides is 1. The van der Waals surface area contributed by atoms with Gasteiger partial charge in [0.2, 0.25) is 0 Å². The third kappa shape index (κ3) is 2.10. The van der Waals surface area contributed by atoms with Crippen molar-refractivity contribution in [3.05, 3.63) is 34.3 Å². The Kier molecular flexibility index (Phi) is 3.25. The Morgan fingerprint density at radius 3 is 2.88 bits per heavy atom. The van der Waals surface area contributed by atoms with E-state index in [1.807, 2.05) is 0 Å². The van der Waals surface area contributed by atoms with Gasteiger partial charge in [-0.3, -0.25) is 0 Å². The van der Waals surface area contributed by atoms with Gasteiger partial charge in [-0.05, 0) is 35.0 Å². The first-order valence-electron chi connectivity index (χ1n) is 4.51. The Balaban J connectivity index is 2.47. The van der Waals surface area contributed by atoms with Gasteiger partial charge in [-0.25, -0.2) is 4.39 Å². The molecule has 1 aromatic heterocycles. The average molecular weight is 306 g/mol. The molecule has 0 N–H and O–H groups in total. The zero-order chi connectivity index (χ0) is 11.7. The van der Waals surface area contributed by atoms with Crippen LogP contribution < -0.4 is 0 Å². The highest BCUT2D eigenvalue weighted by molar-refractivity contribution is 9.10. The summed E-state index contributed by atoms with van der Waals surface area (Å²) in [5.41, 5.74) is 0.255. The molecule has 1 atom stereocenters. The summed E-state index contributed by atoms with van der Waals surface area (Å²) in [6.07, 6.45) is 0. The second-order valence-corrected chi connectivity index (χ2v) is 4.68. The molecule has 0 bridgehead atoms. The molecule has 1 aromatic carbocycles. The molecule has 2 aromatic rings. The van der Waals surface area contributed by atoms with E-state index >= 15 is 0 Å². The molecule has 1 unspecified atom stereocenters. The highest BCUT2D eigenvalue weighted by Gasteiger charge is 2.16. The van der Waals surface area contributed by atoms with E-state index in [0.717, 1.165) is 0 Å². The smallest absolute Gasteiger partial charge is 0.260 e. The van der Waals surface area contributed by atoms with Crippen LogP contribution in [0.5, 0.6) is 0 Å². The van der Waals surface area contributed by atoms with Crippen molar-refractivity contribution in [1.29, 1.82) is 0 Å². The molecule has 16 heavy (non-hydrogen) atoms. The Labute approximate surface area is 105 Å². The Morgan fingerprint density at radius 2 is 2.25 bits per heavy atom. The molecule has 0 aliphatic rings. The maximum Gasteiger partial charge on any atom is 0.260 e. The summed E-state index contributed by atoms with van der Waals surface area (Å²) >= 11 is 8.88. The van der Waals surface area contributed by atoms with Gasteiger partial charge in [0.05, 0.1) is 15.4 Å². The SMILES string of the molecule is CC(Cl)c1noc(-c2cccc(Br)c2F)n1. The summed E-state index contributed by atoms with van der Waals surface area (Å²) in [7, 11) is 0. The molecule has 0 aliphatic heterocycles. The van der Waals surface area contributed by atoms with Crippen molar-refractivity contribution in [3.63, 3.8) is 0 Å². The predicted octanol–water partition coefficient (Wildman–Crippen LogP) is 3.94. The third-order valence-corrected chi connectivity index (χ3v) is 2.79. The maximum atomic E-state index is 13.7. The van der Waals surface area contributed by atoms with E-state index < -0.39 is 5.82 Å². The first kappa shape index (κ1) is 11.5. The van der Waals surface area contributed by atoms with Gasteiger partial charge in [0.25, 0.3) is 5.89 Å². The summed E-state index contributed by atoms with van der Waals surface area (Å²) in [6.45, 7) is 1.72. The van der Waals surface area contributed by atoms with Gasteiger partial charge in [-0.15, -0.1) is 11.6 Å². The number of aromatic nitrogens is 2. The monoisotopic (exact) mass is 304 g/mol. The van der Waals surface area contributed by atoms with Gasteiger partial charge in [0.15, 0.2) is 5.82 Å². The quantitative estimate of drug-likeness (QED) is 0.789. The summed E-state index contributed by atoms with van der Waals surface area (Å²) < 4.78 is 19.0. The second kappa shape index (κ2) is 4.51. The van der Waals surface area contributed by atoms with Gasteiger partial charge >= 0.3 is 0 Å². The topological polar surface area (TPSA) is 38.9 Å². The van der Waals surface area contributed by atoms with E-state index in [4.69, 9.17) is 16.1 Å². The fraction of sp³-hybridized carbons (Fsp3) is 0.200. The number of hydrogen-bond acceptors (Lipinski definition) is 3. The minimum atomic E-state index is -0.431. The molecule has 6 heteroatoms. The molecule has 2 rings (SSSR count). The normalized spacial score (nSPS) is 12.8. The maximum absolute atomic E-state index is 13.7. The molecule has 84 valence electrons. The molecule has 1 heterocycles. The van der Waals surface area contributed by atoms with Crippen molar-refractivity contribution in [2.24, 2.45) is 0 Å². The summed E-state index contributed by atoms with van der Waals surface area (Å²) in [5.74, 6) is 0.0391. The van der Waals surface area contributed by atoms with E-state index in [2.05, 4.69) is 26.1 Å². The van der Waals surface area contributed by atoms with E-state index in [-0.39, 0.29) is 16.8 Å². The largest absolute Gasteiger partial charge is 0.334 e. The Bertz CT molecular complexity index is 515. The highest BCUT2D eigenvalue weighted by atomic mass is 79.9. The molecular formula is C10H7BrClFN2O. The molecule has 3 nitrogen and oxygen atoms in total. The van der Waals surface area contributed by atoms with Gasteiger partial charge < -0.3 is 4.52 Å². The van der Waals surface area contributed by atoms with Crippen LogP contribution in [0.1, 0.15) is 18.1 Å². The van der Waals surface area contributed by atoms with Crippen molar-refractivity contribution >= 4 is 27.5 Å². The van der Waals surface area contributed by atoms with Crippen LogP contribution in [0.25, 0.3) is 11.5 Å². The van der Waals surface area contributed by atoms with Crippen LogP contribution in [0.4, 0.5) is 4.39 Å². The number of halogens is 3. The highest BCUT2D eigenvalue weighted by Crippen LogP contribution is 2.27. The van der Waals surface area contributed by atoms with Crippen LogP contribution in [0.2, 0.25) is 0 Å². The van der Waals surface area contributed by atoms with Crippen LogP contribution in [-0.4, -0.2) is 10.1 Å². The van der Waals surface area contributed by atoms with Crippen LogP contribution in [0.3, 0.4) is 0 Å². The Hall–Kier alpha value is -0.940. The van der Waals surface area contributed by atoms with E-state index in [0.29, 0.717) is 10.3 Å². The number of hydrogen-bond donors (Lipinski definition) is 0. The minimum Gasteiger partial charge on any atom is -0.334 e. The van der Waals surface area contributed by atoms with Crippen molar-refractivity contribution < 1.29 is 8.91 Å². The summed E-state index contributed by atoms with van der Waals surface area (Å²) in [5, 5.41) is 3.29. The lowest BCUT2D eigenvalue weighted by molar-refractivity contribution is 0.420.